The van der Waals surface area contributed by atoms with Crippen molar-refractivity contribution in [3.63, 3.8) is 0 Å². The van der Waals surface area contributed by atoms with E-state index in [4.69, 9.17) is 11.6 Å². The molecule has 2 aromatic rings. The number of carbonyl (C=O) groups is 1. The summed E-state index contributed by atoms with van der Waals surface area (Å²) >= 11 is 5.94. The largest absolute Gasteiger partial charge is 0.393 e. The van der Waals surface area contributed by atoms with E-state index in [0.717, 1.165) is 6.07 Å². The summed E-state index contributed by atoms with van der Waals surface area (Å²) in [5, 5.41) is 11.3. The van der Waals surface area contributed by atoms with Gasteiger partial charge in [-0.2, -0.15) is 0 Å². The maximum Gasteiger partial charge on any atom is 0.257 e. The second kappa shape index (κ2) is 7.70. The fraction of sp³-hybridized carbons (Fsp3) is 0.235. The molecular weight excluding hydrogens is 421 g/mol. The maximum absolute atomic E-state index is 13.3. The number of nitrogens with one attached hydrogen (secondary N) is 2. The first-order valence-corrected chi connectivity index (χ1v) is 9.89. The minimum absolute atomic E-state index is 0.0985. The highest BCUT2D eigenvalue weighted by Gasteiger charge is 2.31. The first kappa shape index (κ1) is 20.6. The van der Waals surface area contributed by atoms with Crippen molar-refractivity contribution in [3.8, 4) is 0 Å². The van der Waals surface area contributed by atoms with Crippen LogP contribution in [0.2, 0.25) is 5.02 Å². The average molecular weight is 435 g/mol. The molecule has 1 aliphatic carbocycles. The third kappa shape index (κ3) is 4.30. The molecule has 3 rings (SSSR count). The van der Waals surface area contributed by atoms with Crippen LogP contribution in [0.4, 0.5) is 18.9 Å². The van der Waals surface area contributed by atoms with Crippen LogP contribution in [0.3, 0.4) is 0 Å². The lowest BCUT2D eigenvalue weighted by Crippen LogP contribution is -2.46. The van der Waals surface area contributed by atoms with Gasteiger partial charge in [-0.3, -0.25) is 4.79 Å². The number of benzene rings is 2. The van der Waals surface area contributed by atoms with Crippen molar-refractivity contribution >= 4 is 33.2 Å². The minimum Gasteiger partial charge on any atom is -0.393 e. The number of halogens is 4. The van der Waals surface area contributed by atoms with Crippen LogP contribution >= 0.6 is 11.6 Å². The lowest BCUT2D eigenvalue weighted by atomic mass is 9.91. The summed E-state index contributed by atoms with van der Waals surface area (Å²) < 4.78 is 66.8. The molecule has 0 aromatic heterocycles. The summed E-state index contributed by atoms with van der Waals surface area (Å²) in [6, 6.07) is 4.12. The molecule has 0 atom stereocenters. The zero-order chi connectivity index (χ0) is 20.6. The van der Waals surface area contributed by atoms with Gasteiger partial charge in [-0.15, -0.1) is 0 Å². The summed E-state index contributed by atoms with van der Waals surface area (Å²) in [5.41, 5.74) is -0.629. The van der Waals surface area contributed by atoms with E-state index < -0.39 is 45.5 Å². The number of aliphatic hydroxyl groups excluding tert-OH is 1. The van der Waals surface area contributed by atoms with Crippen molar-refractivity contribution < 1.29 is 31.5 Å². The molecule has 2 aromatic carbocycles. The number of amides is 1. The third-order valence-electron chi connectivity index (χ3n) is 4.17. The van der Waals surface area contributed by atoms with E-state index in [0.29, 0.717) is 12.1 Å². The molecule has 0 bridgehead atoms. The highest BCUT2D eigenvalue weighted by atomic mass is 35.5. The molecule has 0 aliphatic heterocycles. The van der Waals surface area contributed by atoms with Gasteiger partial charge >= 0.3 is 0 Å². The fourth-order valence-electron chi connectivity index (χ4n) is 2.64. The van der Waals surface area contributed by atoms with Crippen LogP contribution in [0.5, 0.6) is 0 Å². The van der Waals surface area contributed by atoms with Gasteiger partial charge in [0.05, 0.1) is 21.6 Å². The molecule has 1 fully saturated rings. The van der Waals surface area contributed by atoms with Crippen molar-refractivity contribution in [1.29, 1.82) is 0 Å². The summed E-state index contributed by atoms with van der Waals surface area (Å²) in [4.78, 5) is 12.1. The number of hydrogen-bond donors (Lipinski definition) is 3. The maximum atomic E-state index is 13.3. The van der Waals surface area contributed by atoms with Crippen molar-refractivity contribution in [1.82, 2.24) is 4.72 Å². The molecule has 0 radical (unpaired) electrons. The van der Waals surface area contributed by atoms with Gasteiger partial charge in [-0.05, 0) is 31.0 Å². The normalized spacial score (nSPS) is 19.2. The van der Waals surface area contributed by atoms with E-state index >= 15 is 0 Å². The van der Waals surface area contributed by atoms with Crippen LogP contribution in [0.1, 0.15) is 23.2 Å². The van der Waals surface area contributed by atoms with Crippen LogP contribution in [0.25, 0.3) is 0 Å². The van der Waals surface area contributed by atoms with Crippen molar-refractivity contribution in [2.24, 2.45) is 0 Å². The zero-order valence-corrected chi connectivity index (χ0v) is 15.6. The van der Waals surface area contributed by atoms with Crippen molar-refractivity contribution in [2.45, 2.75) is 29.9 Å². The summed E-state index contributed by atoms with van der Waals surface area (Å²) in [6.07, 6.45) is -0.000243. The Hall–Kier alpha value is -2.14. The topological polar surface area (TPSA) is 95.5 Å². The summed E-state index contributed by atoms with van der Waals surface area (Å²) in [6.45, 7) is 0. The van der Waals surface area contributed by atoms with Crippen LogP contribution in [-0.2, 0) is 10.0 Å². The van der Waals surface area contributed by atoms with Crippen LogP contribution in [-0.4, -0.2) is 31.6 Å². The zero-order valence-electron chi connectivity index (χ0n) is 14.0. The van der Waals surface area contributed by atoms with Gasteiger partial charge < -0.3 is 10.4 Å². The third-order valence-corrected chi connectivity index (χ3v) is 6.02. The van der Waals surface area contributed by atoms with E-state index in [1.54, 1.807) is 0 Å². The Kier molecular flexibility index (Phi) is 5.67. The summed E-state index contributed by atoms with van der Waals surface area (Å²) in [7, 11) is -3.98. The van der Waals surface area contributed by atoms with Gasteiger partial charge in [0.2, 0.25) is 10.0 Å². The molecular formula is C17H14ClF3N2O4S. The van der Waals surface area contributed by atoms with Crippen LogP contribution in [0, 0.1) is 17.5 Å². The number of aliphatic hydroxyl groups is 1. The molecule has 1 saturated carbocycles. The van der Waals surface area contributed by atoms with Gasteiger partial charge in [0, 0.05) is 23.9 Å². The molecule has 1 aliphatic rings. The van der Waals surface area contributed by atoms with Gasteiger partial charge in [0.15, 0.2) is 17.5 Å². The van der Waals surface area contributed by atoms with Gasteiger partial charge in [0.25, 0.3) is 5.91 Å². The molecule has 0 saturated heterocycles. The van der Waals surface area contributed by atoms with E-state index in [1.807, 2.05) is 0 Å². The lowest BCUT2D eigenvalue weighted by Gasteiger charge is -2.31. The molecule has 6 nitrogen and oxygen atoms in total. The molecule has 150 valence electrons. The molecule has 11 heteroatoms. The highest BCUT2D eigenvalue weighted by molar-refractivity contribution is 7.89. The SMILES string of the molecule is O=C(Nc1cc(F)c(F)c(F)c1)c1cc(S(=O)(=O)NC2CC(O)C2)ccc1Cl. The number of hydrogen-bond acceptors (Lipinski definition) is 4. The smallest absolute Gasteiger partial charge is 0.257 e. The van der Waals surface area contributed by atoms with Crippen LogP contribution < -0.4 is 10.0 Å². The Morgan fingerprint density at radius 3 is 2.29 bits per heavy atom. The fourth-order valence-corrected chi connectivity index (χ4v) is 4.13. The quantitative estimate of drug-likeness (QED) is 0.631. The highest BCUT2D eigenvalue weighted by Crippen LogP contribution is 2.25. The second-order valence-electron chi connectivity index (χ2n) is 6.29. The molecule has 0 unspecified atom stereocenters. The lowest BCUT2D eigenvalue weighted by molar-refractivity contribution is 0.0712. The monoisotopic (exact) mass is 434 g/mol. The van der Waals surface area contributed by atoms with Crippen molar-refractivity contribution in [3.05, 3.63) is 58.4 Å². The molecule has 0 heterocycles. The van der Waals surface area contributed by atoms with Crippen molar-refractivity contribution in [2.75, 3.05) is 5.32 Å². The number of rotatable bonds is 5. The van der Waals surface area contributed by atoms with E-state index in [-0.39, 0.29) is 34.0 Å². The van der Waals surface area contributed by atoms with Gasteiger partial charge in [-0.1, -0.05) is 11.6 Å². The Morgan fingerprint density at radius 2 is 1.71 bits per heavy atom. The predicted molar refractivity (Wildman–Crippen MR) is 95.1 cm³/mol. The Labute approximate surface area is 163 Å². The Bertz CT molecular complexity index is 1020. The Morgan fingerprint density at radius 1 is 1.11 bits per heavy atom. The predicted octanol–water partition coefficient (Wildman–Crippen LogP) is 2.81. The average Bonchev–Trinajstić information content (AvgIpc) is 2.58. The minimum atomic E-state index is -3.98. The van der Waals surface area contributed by atoms with Gasteiger partial charge in [0.1, 0.15) is 0 Å². The molecule has 1 amide bonds. The van der Waals surface area contributed by atoms with Gasteiger partial charge in [-0.25, -0.2) is 26.3 Å². The van der Waals surface area contributed by atoms with E-state index in [1.165, 1.54) is 12.1 Å². The number of anilines is 1. The first-order chi connectivity index (χ1) is 13.1. The number of sulfonamides is 1. The standard InChI is InChI=1S/C17H14ClF3N2O4S/c18-13-2-1-11(28(26,27)23-9-3-10(24)4-9)7-12(13)17(25)22-8-5-14(19)16(21)15(20)6-8/h1-2,5-7,9-10,23-24H,3-4H2,(H,22,25). The van der Waals surface area contributed by atoms with E-state index in [2.05, 4.69) is 10.0 Å². The molecule has 3 N–H and O–H groups in total. The van der Waals surface area contributed by atoms with E-state index in [9.17, 15) is 31.5 Å². The Balaban J connectivity index is 1.84. The molecule has 0 spiro atoms. The first-order valence-electron chi connectivity index (χ1n) is 8.02. The second-order valence-corrected chi connectivity index (χ2v) is 8.41. The molecule has 28 heavy (non-hydrogen) atoms. The number of carbonyl (C=O) groups excluding carboxylic acids is 1. The summed E-state index contributed by atoms with van der Waals surface area (Å²) in [5.74, 6) is -5.61. The van der Waals surface area contributed by atoms with Crippen LogP contribution in [0.15, 0.2) is 35.2 Å².